The molecule has 2 aromatic carbocycles. The van der Waals surface area contributed by atoms with E-state index in [9.17, 15) is 9.59 Å². The van der Waals surface area contributed by atoms with Gasteiger partial charge in [-0.3, -0.25) is 9.59 Å². The number of ether oxygens (including phenoxy) is 2. The van der Waals surface area contributed by atoms with Crippen molar-refractivity contribution in [3.8, 4) is 5.75 Å². The number of carbonyl (C=O) groups excluding carboxylic acids is 2. The van der Waals surface area contributed by atoms with Crippen molar-refractivity contribution >= 4 is 34.8 Å². The molecule has 9 nitrogen and oxygen atoms in total. The maximum absolute atomic E-state index is 13.8. The van der Waals surface area contributed by atoms with Gasteiger partial charge in [0.1, 0.15) is 23.6 Å². The van der Waals surface area contributed by atoms with Crippen LogP contribution in [-0.4, -0.2) is 79.0 Å². The van der Waals surface area contributed by atoms with Crippen molar-refractivity contribution in [2.45, 2.75) is 31.8 Å². The Hall–Kier alpha value is -3.56. The summed E-state index contributed by atoms with van der Waals surface area (Å²) in [5, 5.41) is 5.05. The number of nitrogens with zero attached hydrogens (tertiary/aromatic N) is 5. The summed E-state index contributed by atoms with van der Waals surface area (Å²) in [4.78, 5) is 33.0. The van der Waals surface area contributed by atoms with Crippen molar-refractivity contribution in [1.82, 2.24) is 14.7 Å². The summed E-state index contributed by atoms with van der Waals surface area (Å²) in [5.74, 6) is 0.176. The maximum Gasteiger partial charge on any atom is 0.275 e. The Morgan fingerprint density at radius 2 is 1.85 bits per heavy atom. The minimum absolute atomic E-state index is 0.0852. The Kier molecular flexibility index (Phi) is 6.24. The van der Waals surface area contributed by atoms with Crippen molar-refractivity contribution in [1.29, 1.82) is 0 Å². The number of likely N-dealkylation sites (N-methyl/N-ethyl adjacent to an activating group) is 1. The van der Waals surface area contributed by atoms with Crippen molar-refractivity contribution in [3.05, 3.63) is 70.5 Å². The van der Waals surface area contributed by atoms with Crippen LogP contribution < -0.4 is 14.5 Å². The highest BCUT2D eigenvalue weighted by atomic mass is 35.5. The van der Waals surface area contributed by atoms with Crippen molar-refractivity contribution in [2.75, 3.05) is 56.3 Å². The molecule has 0 bridgehead atoms. The smallest absolute Gasteiger partial charge is 0.275 e. The monoisotopic (exact) mass is 561 g/mol. The summed E-state index contributed by atoms with van der Waals surface area (Å²) in [6.45, 7) is 4.60. The highest BCUT2D eigenvalue weighted by Crippen LogP contribution is 2.44. The van der Waals surface area contributed by atoms with Crippen LogP contribution in [0.15, 0.2) is 48.5 Å². The molecule has 1 spiro atoms. The number of hydrogen-bond acceptors (Lipinski definition) is 6. The van der Waals surface area contributed by atoms with Gasteiger partial charge in [0.2, 0.25) is 0 Å². The first-order chi connectivity index (χ1) is 19.4. The van der Waals surface area contributed by atoms with Crippen molar-refractivity contribution in [2.24, 2.45) is 5.41 Å². The normalized spacial score (nSPS) is 21.9. The van der Waals surface area contributed by atoms with E-state index in [1.165, 1.54) is 0 Å². The number of amides is 2. The Morgan fingerprint density at radius 3 is 2.62 bits per heavy atom. The molecule has 4 aliphatic rings. The average molecular weight is 562 g/mol. The van der Waals surface area contributed by atoms with Gasteiger partial charge >= 0.3 is 0 Å². The van der Waals surface area contributed by atoms with Gasteiger partial charge in [0.25, 0.3) is 11.8 Å². The molecule has 2 amide bonds. The van der Waals surface area contributed by atoms with E-state index in [0.717, 1.165) is 61.6 Å². The van der Waals surface area contributed by atoms with Crippen LogP contribution in [0.2, 0.25) is 5.15 Å². The van der Waals surface area contributed by atoms with Crippen LogP contribution in [0.3, 0.4) is 0 Å². The Morgan fingerprint density at radius 1 is 1.07 bits per heavy atom. The fraction of sp³-hybridized carbons (Fsp3) is 0.433. The second-order valence-electron chi connectivity index (χ2n) is 11.4. The summed E-state index contributed by atoms with van der Waals surface area (Å²) in [5.41, 5.74) is 4.23. The van der Waals surface area contributed by atoms with Crippen molar-refractivity contribution < 1.29 is 19.1 Å². The van der Waals surface area contributed by atoms with Gasteiger partial charge in [0.15, 0.2) is 5.69 Å². The lowest BCUT2D eigenvalue weighted by atomic mass is 9.73. The topological polar surface area (TPSA) is 80.1 Å². The van der Waals surface area contributed by atoms with Gasteiger partial charge in [-0.05, 0) is 43.0 Å². The van der Waals surface area contributed by atoms with Gasteiger partial charge in [-0.1, -0.05) is 41.9 Å². The molecule has 1 unspecified atom stereocenters. The molecular weight excluding hydrogens is 530 g/mol. The van der Waals surface area contributed by atoms with Crippen LogP contribution >= 0.6 is 11.6 Å². The highest BCUT2D eigenvalue weighted by Gasteiger charge is 2.45. The molecule has 4 aliphatic heterocycles. The molecule has 40 heavy (non-hydrogen) atoms. The second-order valence-corrected chi connectivity index (χ2v) is 11.7. The predicted molar refractivity (Wildman–Crippen MR) is 151 cm³/mol. The van der Waals surface area contributed by atoms with E-state index >= 15 is 0 Å². The predicted octanol–water partition coefficient (Wildman–Crippen LogP) is 3.62. The van der Waals surface area contributed by atoms with E-state index in [1.807, 2.05) is 42.5 Å². The molecule has 0 radical (unpaired) electrons. The number of rotatable bonds is 4. The van der Waals surface area contributed by atoms with Crippen LogP contribution in [0, 0.1) is 5.41 Å². The first-order valence-electron chi connectivity index (χ1n) is 13.9. The lowest BCUT2D eigenvalue weighted by molar-refractivity contribution is -0.123. The molecule has 1 aromatic heterocycles. The van der Waals surface area contributed by atoms with E-state index in [2.05, 4.69) is 16.1 Å². The summed E-state index contributed by atoms with van der Waals surface area (Å²) in [7, 11) is 1.76. The molecule has 10 heteroatoms. The lowest BCUT2D eigenvalue weighted by Crippen LogP contribution is -2.58. The molecule has 0 aliphatic carbocycles. The molecule has 0 saturated carbocycles. The number of carbonyl (C=O) groups is 2. The third kappa shape index (κ3) is 4.23. The zero-order chi connectivity index (χ0) is 27.4. The fourth-order valence-corrected chi connectivity index (χ4v) is 6.74. The molecule has 5 heterocycles. The van der Waals surface area contributed by atoms with E-state index in [4.69, 9.17) is 21.1 Å². The maximum atomic E-state index is 13.8. The fourth-order valence-electron chi connectivity index (χ4n) is 6.46. The van der Waals surface area contributed by atoms with Gasteiger partial charge in [0, 0.05) is 56.6 Å². The van der Waals surface area contributed by atoms with Crippen LogP contribution in [0.4, 0.5) is 11.4 Å². The van der Waals surface area contributed by atoms with Crippen molar-refractivity contribution in [3.63, 3.8) is 0 Å². The quantitative estimate of drug-likeness (QED) is 0.484. The van der Waals surface area contributed by atoms with Crippen LogP contribution in [0.1, 0.15) is 34.5 Å². The molecular formula is C30H32ClN5O4. The van der Waals surface area contributed by atoms with Crippen LogP contribution in [0.25, 0.3) is 0 Å². The SMILES string of the molecule is CN1C(=O)C(N2CCc3c(nn(Cc4ccccc4)c3Cl)C2=O)COc2ccc(N3CC4(CCOCC4)C3)cc21. The Balaban J connectivity index is 1.09. The van der Waals surface area contributed by atoms with Gasteiger partial charge in [0.05, 0.1) is 12.2 Å². The minimum Gasteiger partial charge on any atom is -0.489 e. The zero-order valence-corrected chi connectivity index (χ0v) is 23.3. The molecule has 2 fully saturated rings. The summed E-state index contributed by atoms with van der Waals surface area (Å²) < 4.78 is 13.4. The summed E-state index contributed by atoms with van der Waals surface area (Å²) in [6.07, 6.45) is 2.72. The molecule has 1 atom stereocenters. The Bertz CT molecular complexity index is 1460. The molecule has 0 N–H and O–H groups in total. The number of anilines is 2. The van der Waals surface area contributed by atoms with Gasteiger partial charge in [-0.25, -0.2) is 4.68 Å². The van der Waals surface area contributed by atoms with E-state index < -0.39 is 6.04 Å². The van der Waals surface area contributed by atoms with Crippen LogP contribution in [0.5, 0.6) is 5.75 Å². The Labute approximate surface area is 238 Å². The number of fused-ring (bicyclic) bond motifs is 2. The molecule has 2 saturated heterocycles. The molecule has 7 rings (SSSR count). The van der Waals surface area contributed by atoms with E-state index in [0.29, 0.717) is 41.5 Å². The van der Waals surface area contributed by atoms with Crippen LogP contribution in [-0.2, 0) is 22.5 Å². The molecule has 3 aromatic rings. The van der Waals surface area contributed by atoms with Gasteiger partial charge < -0.3 is 24.2 Å². The lowest BCUT2D eigenvalue weighted by Gasteiger charge is -2.53. The first kappa shape index (κ1) is 25.4. The van der Waals surface area contributed by atoms with Gasteiger partial charge in [-0.2, -0.15) is 5.10 Å². The van der Waals surface area contributed by atoms with Gasteiger partial charge in [-0.15, -0.1) is 0 Å². The average Bonchev–Trinajstić information content (AvgIpc) is 3.22. The third-order valence-electron chi connectivity index (χ3n) is 8.89. The second kappa shape index (κ2) is 9.82. The summed E-state index contributed by atoms with van der Waals surface area (Å²) in [6, 6.07) is 15.1. The third-order valence-corrected chi connectivity index (χ3v) is 9.31. The molecule has 208 valence electrons. The minimum atomic E-state index is -0.755. The number of benzene rings is 2. The number of halogens is 1. The number of aromatic nitrogens is 2. The largest absolute Gasteiger partial charge is 0.489 e. The first-order valence-corrected chi connectivity index (χ1v) is 14.3. The zero-order valence-electron chi connectivity index (χ0n) is 22.5. The van der Waals surface area contributed by atoms with E-state index in [1.54, 1.807) is 21.5 Å². The highest BCUT2D eigenvalue weighted by molar-refractivity contribution is 6.31. The summed E-state index contributed by atoms with van der Waals surface area (Å²) >= 11 is 6.65. The van der Waals surface area contributed by atoms with E-state index in [-0.39, 0.29) is 18.4 Å². The number of hydrogen-bond donors (Lipinski definition) is 0. The standard InChI is InChI=1S/C30H32ClN5O4/c1-33-23-15-21(34-18-30(19-34)10-13-39-14-11-30)7-8-25(23)40-17-24(28(33)37)35-12-9-22-26(29(35)38)32-36(27(22)31)16-20-5-3-2-4-6-20/h2-8,15,24H,9-14,16-19H2,1H3.